The van der Waals surface area contributed by atoms with E-state index in [1.165, 1.54) is 25.3 Å². The van der Waals surface area contributed by atoms with Gasteiger partial charge in [-0.3, -0.25) is 4.79 Å². The Labute approximate surface area is 210 Å². The van der Waals surface area contributed by atoms with Gasteiger partial charge in [0.05, 0.1) is 34.7 Å². The molecule has 0 spiro atoms. The van der Waals surface area contributed by atoms with Gasteiger partial charge in [-0.2, -0.15) is 12.8 Å². The number of para-hydroxylation sites is 1. The summed E-state index contributed by atoms with van der Waals surface area (Å²) in [7, 11) is -2.81. The molecule has 4 rings (SSSR count). The maximum atomic E-state index is 13.2. The zero-order chi connectivity index (χ0) is 26.1. The number of carbonyl (C=O) groups is 2. The first-order valence-corrected chi connectivity index (χ1v) is 12.7. The van der Waals surface area contributed by atoms with Crippen LogP contribution >= 0.6 is 0 Å². The van der Waals surface area contributed by atoms with Gasteiger partial charge in [0.15, 0.2) is 0 Å². The fourth-order valence-electron chi connectivity index (χ4n) is 3.83. The Morgan fingerprint density at radius 2 is 1.50 bits per heavy atom. The maximum absolute atomic E-state index is 13.2. The number of allylic oxidation sites excluding steroid dienone is 2. The molecule has 1 N–H and O–H groups in total. The summed E-state index contributed by atoms with van der Waals surface area (Å²) in [6.07, 6.45) is 1.39. The molecule has 1 aliphatic carbocycles. The van der Waals surface area contributed by atoms with Crippen LogP contribution in [0, 0.1) is 0 Å². The predicted molar refractivity (Wildman–Crippen MR) is 139 cm³/mol. The van der Waals surface area contributed by atoms with Crippen LogP contribution in [-0.4, -0.2) is 33.0 Å². The Morgan fingerprint density at radius 3 is 2.14 bits per heavy atom. The molecule has 0 saturated carbocycles. The third-order valence-electron chi connectivity index (χ3n) is 5.81. The van der Waals surface area contributed by atoms with Crippen molar-refractivity contribution in [3.05, 3.63) is 107 Å². The third-order valence-corrected chi connectivity index (χ3v) is 7.12. The van der Waals surface area contributed by atoms with E-state index >= 15 is 0 Å². The molecule has 3 aromatic rings. The number of anilines is 1. The molecule has 184 valence electrons. The van der Waals surface area contributed by atoms with E-state index in [0.29, 0.717) is 16.8 Å². The zero-order valence-corrected chi connectivity index (χ0v) is 21.2. The summed E-state index contributed by atoms with van der Waals surface area (Å²) in [5.74, 6) is -0.923. The van der Waals surface area contributed by atoms with E-state index < -0.39 is 16.0 Å². The summed E-state index contributed by atoms with van der Waals surface area (Å²) < 4.78 is 35.4. The van der Waals surface area contributed by atoms with Gasteiger partial charge in [-0.15, -0.1) is 0 Å². The van der Waals surface area contributed by atoms with Crippen molar-refractivity contribution in [3.8, 4) is 0 Å². The Balaban J connectivity index is 1.79. The molecule has 0 radical (unpaired) electrons. The molecular weight excluding hydrogens is 476 g/mol. The number of sulfonamides is 1. The van der Waals surface area contributed by atoms with Crippen LogP contribution in [0.3, 0.4) is 0 Å². The highest BCUT2D eigenvalue weighted by Gasteiger charge is 2.27. The quantitative estimate of drug-likeness (QED) is 0.485. The van der Waals surface area contributed by atoms with E-state index in [1.807, 2.05) is 20.8 Å². The maximum Gasteiger partial charge on any atom is 0.339 e. The molecule has 0 aromatic heterocycles. The van der Waals surface area contributed by atoms with E-state index in [9.17, 15) is 18.0 Å². The van der Waals surface area contributed by atoms with Gasteiger partial charge >= 0.3 is 5.97 Å². The molecule has 0 aliphatic heterocycles. The summed E-state index contributed by atoms with van der Waals surface area (Å²) in [5.41, 5.74) is 2.37. The van der Waals surface area contributed by atoms with Crippen LogP contribution < -0.4 is 5.32 Å². The predicted octanol–water partition coefficient (Wildman–Crippen LogP) is 5.14. The number of methoxy groups -OCH3 is 1. The fourth-order valence-corrected chi connectivity index (χ4v) is 4.83. The number of Topliss-reactive ketones (excluding diaryl/α,β-unsaturated/α-hetero) is 1. The van der Waals surface area contributed by atoms with Gasteiger partial charge < -0.3 is 10.1 Å². The number of esters is 1. The molecule has 1 aliphatic rings. The van der Waals surface area contributed by atoms with Crippen molar-refractivity contribution in [2.75, 3.05) is 12.4 Å². The van der Waals surface area contributed by atoms with Gasteiger partial charge in [0.1, 0.15) is 0 Å². The second-order valence-electron chi connectivity index (χ2n) is 9.32. The number of ether oxygens (including phenoxy) is 1. The van der Waals surface area contributed by atoms with Gasteiger partial charge in [-0.25, -0.2) is 4.79 Å². The summed E-state index contributed by atoms with van der Waals surface area (Å²) >= 11 is 0. The molecule has 8 heteroatoms. The first-order valence-electron chi connectivity index (χ1n) is 11.3. The lowest BCUT2D eigenvalue weighted by molar-refractivity contribution is 0.0601. The molecule has 0 unspecified atom stereocenters. The van der Waals surface area contributed by atoms with Crippen molar-refractivity contribution in [3.63, 3.8) is 0 Å². The lowest BCUT2D eigenvalue weighted by Gasteiger charge is -2.20. The highest BCUT2D eigenvalue weighted by Crippen LogP contribution is 2.28. The van der Waals surface area contributed by atoms with Crippen LogP contribution in [-0.2, 0) is 20.2 Å². The number of nitrogens with zero attached hydrogens (tertiary/aromatic N) is 1. The number of hydrogen-bond acceptors (Lipinski definition) is 6. The zero-order valence-electron chi connectivity index (χ0n) is 20.4. The molecule has 36 heavy (non-hydrogen) atoms. The van der Waals surface area contributed by atoms with E-state index in [-0.39, 0.29) is 33.1 Å². The Kier molecular flexibility index (Phi) is 6.65. The highest BCUT2D eigenvalue weighted by molar-refractivity contribution is 7.90. The molecule has 0 amide bonds. The summed E-state index contributed by atoms with van der Waals surface area (Å²) in [5, 5.41) is 2.97. The van der Waals surface area contributed by atoms with Crippen LogP contribution in [0.2, 0.25) is 0 Å². The van der Waals surface area contributed by atoms with Crippen LogP contribution in [0.4, 0.5) is 5.69 Å². The lowest BCUT2D eigenvalue weighted by atomic mass is 9.87. The van der Waals surface area contributed by atoms with Gasteiger partial charge in [-0.05, 0) is 41.3 Å². The second kappa shape index (κ2) is 9.54. The molecular formula is C28H26N2O5S. The van der Waals surface area contributed by atoms with Crippen molar-refractivity contribution in [1.29, 1.82) is 0 Å². The minimum Gasteiger partial charge on any atom is -0.465 e. The number of benzene rings is 3. The number of nitrogens with one attached hydrogen (secondary N) is 1. The van der Waals surface area contributed by atoms with E-state index in [1.54, 1.807) is 60.7 Å². The van der Waals surface area contributed by atoms with Crippen LogP contribution in [0.15, 0.2) is 93.9 Å². The number of ketones is 1. The molecule has 0 saturated heterocycles. The molecule has 3 aromatic carbocycles. The van der Waals surface area contributed by atoms with Crippen LogP contribution in [0.25, 0.3) is 0 Å². The van der Waals surface area contributed by atoms with Crippen molar-refractivity contribution >= 4 is 33.2 Å². The minimum atomic E-state index is -4.07. The normalized spacial score (nSPS) is 14.7. The summed E-state index contributed by atoms with van der Waals surface area (Å²) in [4.78, 5) is 25.5. The van der Waals surface area contributed by atoms with E-state index in [4.69, 9.17) is 4.74 Å². The summed E-state index contributed by atoms with van der Waals surface area (Å²) in [6, 6.07) is 19.9. The topological polar surface area (TPSA) is 102 Å². The monoisotopic (exact) mass is 502 g/mol. The fraction of sp³-hybridized carbons (Fsp3) is 0.179. The Bertz CT molecular complexity index is 1510. The Hall–Kier alpha value is -4.04. The lowest BCUT2D eigenvalue weighted by Crippen LogP contribution is -2.23. The standard InChI is InChI=1S/C28H26N2O5S/c1-28(2,3)18-13-15-19(16-14-18)36(33,34)30-24-17-25(26(31)21-10-6-5-9-20(21)24)29-23-12-8-7-11-22(23)27(32)35-4/h5-17,29H,1-4H3/b30-24-. The first kappa shape index (κ1) is 25.1. The second-order valence-corrected chi connectivity index (χ2v) is 10.9. The molecule has 0 heterocycles. The Morgan fingerprint density at radius 1 is 0.889 bits per heavy atom. The molecule has 0 fully saturated rings. The third kappa shape index (κ3) is 4.99. The van der Waals surface area contributed by atoms with Gasteiger partial charge in [0.2, 0.25) is 5.78 Å². The number of fused-ring (bicyclic) bond motifs is 1. The smallest absolute Gasteiger partial charge is 0.339 e. The summed E-state index contributed by atoms with van der Waals surface area (Å²) in [6.45, 7) is 6.14. The van der Waals surface area contributed by atoms with Gasteiger partial charge in [0.25, 0.3) is 10.0 Å². The van der Waals surface area contributed by atoms with E-state index in [0.717, 1.165) is 5.56 Å². The molecule has 0 atom stereocenters. The van der Waals surface area contributed by atoms with Crippen LogP contribution in [0.1, 0.15) is 52.6 Å². The van der Waals surface area contributed by atoms with Crippen molar-refractivity contribution < 1.29 is 22.7 Å². The van der Waals surface area contributed by atoms with Crippen LogP contribution in [0.5, 0.6) is 0 Å². The van der Waals surface area contributed by atoms with E-state index in [2.05, 4.69) is 9.71 Å². The highest BCUT2D eigenvalue weighted by atomic mass is 32.2. The SMILES string of the molecule is COC(=O)c1ccccc1NC1=C/C(=N/S(=O)(=O)c2ccc(C(C)(C)C)cc2)c2ccccc2C1=O. The van der Waals surface area contributed by atoms with Crippen molar-refractivity contribution in [2.24, 2.45) is 4.40 Å². The van der Waals surface area contributed by atoms with Crippen molar-refractivity contribution in [2.45, 2.75) is 31.1 Å². The average molecular weight is 503 g/mol. The van der Waals surface area contributed by atoms with Gasteiger partial charge in [-0.1, -0.05) is 69.3 Å². The largest absolute Gasteiger partial charge is 0.465 e. The number of carbonyl (C=O) groups excluding carboxylic acids is 2. The molecule has 0 bridgehead atoms. The van der Waals surface area contributed by atoms with Crippen molar-refractivity contribution in [1.82, 2.24) is 0 Å². The molecule has 7 nitrogen and oxygen atoms in total. The number of hydrogen-bond donors (Lipinski definition) is 1. The first-order chi connectivity index (χ1) is 17.0. The number of rotatable bonds is 5. The van der Waals surface area contributed by atoms with Gasteiger partial charge in [0, 0.05) is 11.1 Å². The average Bonchev–Trinajstić information content (AvgIpc) is 2.86. The minimum absolute atomic E-state index is 0.0522.